The van der Waals surface area contributed by atoms with E-state index in [4.69, 9.17) is 0 Å². The maximum absolute atomic E-state index is 13.8. The van der Waals surface area contributed by atoms with E-state index in [9.17, 15) is 23.6 Å². The van der Waals surface area contributed by atoms with Crippen LogP contribution in [-0.2, 0) is 16.1 Å². The standard InChI is InChI=1S/C23H20FN3O4/c1-12-10-26(19-9-15(24)3-5-16(12)19)22(30)13-2-4-17-14(8-13)11-27(23(17)31)18-6-7-20(28)25-21(18)29/h2-5,8-9,12,18H,6-7,10-11H2,1H3,(H,25,28,29). The zero-order valence-electron chi connectivity index (χ0n) is 16.9. The van der Waals surface area contributed by atoms with Crippen LogP contribution in [0.2, 0.25) is 0 Å². The van der Waals surface area contributed by atoms with Gasteiger partial charge in [0.2, 0.25) is 11.8 Å². The number of carbonyl (C=O) groups excluding carboxylic acids is 4. The Morgan fingerprint density at radius 1 is 1.13 bits per heavy atom. The Labute approximate surface area is 177 Å². The third-order valence-corrected chi connectivity index (χ3v) is 6.29. The minimum Gasteiger partial charge on any atom is -0.322 e. The van der Waals surface area contributed by atoms with Gasteiger partial charge in [-0.15, -0.1) is 0 Å². The van der Waals surface area contributed by atoms with Gasteiger partial charge in [-0.05, 0) is 47.9 Å². The van der Waals surface area contributed by atoms with Crippen molar-refractivity contribution in [2.45, 2.75) is 38.3 Å². The first kappa shape index (κ1) is 19.4. The normalized spacial score (nSPS) is 22.5. The number of hydrogen-bond acceptors (Lipinski definition) is 4. The molecule has 3 heterocycles. The van der Waals surface area contributed by atoms with Crippen molar-refractivity contribution in [3.05, 3.63) is 64.5 Å². The van der Waals surface area contributed by atoms with Crippen molar-refractivity contribution in [1.29, 1.82) is 0 Å². The molecule has 0 saturated carbocycles. The van der Waals surface area contributed by atoms with Gasteiger partial charge in [-0.3, -0.25) is 24.5 Å². The number of piperidine rings is 1. The molecular formula is C23H20FN3O4. The van der Waals surface area contributed by atoms with Crippen LogP contribution < -0.4 is 10.2 Å². The molecule has 0 aromatic heterocycles. The molecule has 8 heteroatoms. The van der Waals surface area contributed by atoms with E-state index in [1.807, 2.05) is 6.92 Å². The summed E-state index contributed by atoms with van der Waals surface area (Å²) in [5.74, 6) is -1.66. The van der Waals surface area contributed by atoms with Gasteiger partial charge in [0.1, 0.15) is 11.9 Å². The second-order valence-corrected chi connectivity index (χ2v) is 8.29. The lowest BCUT2D eigenvalue weighted by Crippen LogP contribution is -2.52. The zero-order chi connectivity index (χ0) is 21.9. The van der Waals surface area contributed by atoms with Gasteiger partial charge in [0, 0.05) is 36.6 Å². The van der Waals surface area contributed by atoms with Gasteiger partial charge in [0.25, 0.3) is 11.8 Å². The van der Waals surface area contributed by atoms with E-state index in [-0.39, 0.29) is 43.0 Å². The molecule has 0 spiro atoms. The fraction of sp³-hybridized carbons (Fsp3) is 0.304. The highest BCUT2D eigenvalue weighted by Gasteiger charge is 2.39. The predicted octanol–water partition coefficient (Wildman–Crippen LogP) is 2.35. The molecule has 2 aromatic carbocycles. The van der Waals surface area contributed by atoms with Crippen LogP contribution in [0.1, 0.15) is 57.5 Å². The molecule has 2 unspecified atom stereocenters. The van der Waals surface area contributed by atoms with Crippen LogP contribution in [0.4, 0.5) is 10.1 Å². The lowest BCUT2D eigenvalue weighted by Gasteiger charge is -2.29. The molecule has 0 bridgehead atoms. The highest BCUT2D eigenvalue weighted by molar-refractivity contribution is 6.09. The van der Waals surface area contributed by atoms with Gasteiger partial charge in [0.05, 0.1) is 5.69 Å². The smallest absolute Gasteiger partial charge is 0.258 e. The molecule has 1 saturated heterocycles. The van der Waals surface area contributed by atoms with Gasteiger partial charge in [-0.2, -0.15) is 0 Å². The fourth-order valence-corrected chi connectivity index (χ4v) is 4.69. The molecule has 158 valence electrons. The summed E-state index contributed by atoms with van der Waals surface area (Å²) < 4.78 is 13.8. The predicted molar refractivity (Wildman–Crippen MR) is 109 cm³/mol. The number of amides is 4. The number of rotatable bonds is 2. The third-order valence-electron chi connectivity index (χ3n) is 6.29. The minimum atomic E-state index is -0.703. The molecule has 3 aliphatic rings. The van der Waals surface area contributed by atoms with Crippen LogP contribution in [0, 0.1) is 5.82 Å². The zero-order valence-corrected chi connectivity index (χ0v) is 16.9. The van der Waals surface area contributed by atoms with Crippen LogP contribution >= 0.6 is 0 Å². The second-order valence-electron chi connectivity index (χ2n) is 8.29. The molecular weight excluding hydrogens is 401 g/mol. The number of hydrogen-bond donors (Lipinski definition) is 1. The van der Waals surface area contributed by atoms with Crippen LogP contribution in [0.5, 0.6) is 0 Å². The summed E-state index contributed by atoms with van der Waals surface area (Å²) in [6.07, 6.45) is 0.466. The molecule has 3 aliphatic heterocycles. The van der Waals surface area contributed by atoms with E-state index < -0.39 is 17.8 Å². The minimum absolute atomic E-state index is 0.0959. The van der Waals surface area contributed by atoms with Crippen molar-refractivity contribution in [1.82, 2.24) is 10.2 Å². The fourth-order valence-electron chi connectivity index (χ4n) is 4.69. The van der Waals surface area contributed by atoms with Crippen molar-refractivity contribution < 1.29 is 23.6 Å². The van der Waals surface area contributed by atoms with Gasteiger partial charge in [-0.1, -0.05) is 13.0 Å². The van der Waals surface area contributed by atoms with Crippen LogP contribution in [-0.4, -0.2) is 41.1 Å². The number of nitrogens with one attached hydrogen (secondary N) is 1. The second kappa shape index (κ2) is 7.01. The maximum atomic E-state index is 13.8. The van der Waals surface area contributed by atoms with Gasteiger partial charge < -0.3 is 9.80 Å². The van der Waals surface area contributed by atoms with E-state index >= 15 is 0 Å². The van der Waals surface area contributed by atoms with E-state index in [0.717, 1.165) is 5.56 Å². The van der Waals surface area contributed by atoms with Crippen molar-refractivity contribution in [3.63, 3.8) is 0 Å². The number of halogens is 1. The number of imide groups is 1. The van der Waals surface area contributed by atoms with E-state index in [2.05, 4.69) is 5.32 Å². The summed E-state index contributed by atoms with van der Waals surface area (Å²) >= 11 is 0. The van der Waals surface area contributed by atoms with E-state index in [1.165, 1.54) is 17.0 Å². The molecule has 0 radical (unpaired) electrons. The largest absolute Gasteiger partial charge is 0.322 e. The average Bonchev–Trinajstić information content (AvgIpc) is 3.24. The first-order valence-electron chi connectivity index (χ1n) is 10.2. The average molecular weight is 421 g/mol. The Bertz CT molecular complexity index is 1160. The Hall–Kier alpha value is -3.55. The summed E-state index contributed by atoms with van der Waals surface area (Å²) in [6, 6.07) is 8.64. The summed E-state index contributed by atoms with van der Waals surface area (Å²) in [5.41, 5.74) is 3.00. The summed E-state index contributed by atoms with van der Waals surface area (Å²) in [5, 5.41) is 2.28. The lowest BCUT2D eigenvalue weighted by atomic mass is 10.0. The first-order valence-corrected chi connectivity index (χ1v) is 10.2. The van der Waals surface area contributed by atoms with Crippen molar-refractivity contribution >= 4 is 29.3 Å². The topological polar surface area (TPSA) is 86.8 Å². The quantitative estimate of drug-likeness (QED) is 0.755. The highest BCUT2D eigenvalue weighted by atomic mass is 19.1. The van der Waals surface area contributed by atoms with Crippen LogP contribution in [0.25, 0.3) is 0 Å². The number of nitrogens with zero attached hydrogens (tertiary/aromatic N) is 2. The summed E-state index contributed by atoms with van der Waals surface area (Å²) in [7, 11) is 0. The molecule has 2 aromatic rings. The Balaban J connectivity index is 1.41. The van der Waals surface area contributed by atoms with E-state index in [1.54, 1.807) is 29.2 Å². The molecule has 7 nitrogen and oxygen atoms in total. The molecule has 0 aliphatic carbocycles. The summed E-state index contributed by atoms with van der Waals surface area (Å²) in [4.78, 5) is 52.7. The summed E-state index contributed by atoms with van der Waals surface area (Å²) in [6.45, 7) is 2.64. The molecule has 2 atom stereocenters. The molecule has 1 fully saturated rings. The lowest BCUT2D eigenvalue weighted by molar-refractivity contribution is -0.136. The Kier molecular flexibility index (Phi) is 4.39. The molecule has 4 amide bonds. The van der Waals surface area contributed by atoms with Gasteiger partial charge in [-0.25, -0.2) is 4.39 Å². The third kappa shape index (κ3) is 3.10. The van der Waals surface area contributed by atoms with Crippen LogP contribution in [0.15, 0.2) is 36.4 Å². The van der Waals surface area contributed by atoms with Crippen molar-refractivity contribution in [2.24, 2.45) is 0 Å². The van der Waals surface area contributed by atoms with Crippen molar-refractivity contribution in [3.8, 4) is 0 Å². The number of carbonyl (C=O) groups is 4. The Morgan fingerprint density at radius 2 is 1.94 bits per heavy atom. The molecule has 5 rings (SSSR count). The van der Waals surface area contributed by atoms with E-state index in [0.29, 0.717) is 28.9 Å². The first-order chi connectivity index (χ1) is 14.8. The van der Waals surface area contributed by atoms with Crippen LogP contribution in [0.3, 0.4) is 0 Å². The van der Waals surface area contributed by atoms with Gasteiger partial charge >= 0.3 is 0 Å². The van der Waals surface area contributed by atoms with Gasteiger partial charge in [0.15, 0.2) is 0 Å². The Morgan fingerprint density at radius 3 is 2.71 bits per heavy atom. The molecule has 1 N–H and O–H groups in total. The monoisotopic (exact) mass is 421 g/mol. The number of anilines is 1. The SMILES string of the molecule is CC1CN(C(=O)c2ccc3c(c2)CN(C2CCC(=O)NC2=O)C3=O)c2cc(F)ccc21. The molecule has 31 heavy (non-hydrogen) atoms. The number of fused-ring (bicyclic) bond motifs is 2. The number of benzene rings is 2. The maximum Gasteiger partial charge on any atom is 0.258 e. The van der Waals surface area contributed by atoms with Crippen molar-refractivity contribution in [2.75, 3.05) is 11.4 Å². The highest BCUT2D eigenvalue weighted by Crippen LogP contribution is 2.37.